The van der Waals surface area contributed by atoms with Crippen LogP contribution in [-0.4, -0.2) is 24.7 Å². The average molecular weight is 520 g/mol. The third-order valence-electron chi connectivity index (χ3n) is 3.95. The van der Waals surface area contributed by atoms with Crippen LogP contribution in [0.1, 0.15) is 12.5 Å². The maximum atomic E-state index is 5.97. The van der Waals surface area contributed by atoms with E-state index >= 15 is 0 Å². The number of nitrogens with two attached hydrogens (primary N) is 1. The van der Waals surface area contributed by atoms with Crippen molar-refractivity contribution in [2.75, 3.05) is 19.0 Å². The fourth-order valence-corrected chi connectivity index (χ4v) is 2.53. The van der Waals surface area contributed by atoms with Gasteiger partial charge in [-0.3, -0.25) is 0 Å². The fourth-order valence-electron chi connectivity index (χ4n) is 2.53. The molecule has 0 saturated heterocycles. The summed E-state index contributed by atoms with van der Waals surface area (Å²) in [6.07, 6.45) is 1.68. The molecule has 158 valence electrons. The summed E-state index contributed by atoms with van der Waals surface area (Å²) < 4.78 is 16.4. The maximum absolute atomic E-state index is 5.97. The number of benzene rings is 2. The zero-order chi connectivity index (χ0) is 20.5. The zero-order valence-electron chi connectivity index (χ0n) is 16.9. The highest BCUT2D eigenvalue weighted by Crippen LogP contribution is 2.23. The van der Waals surface area contributed by atoms with E-state index in [1.165, 1.54) is 0 Å². The highest BCUT2D eigenvalue weighted by molar-refractivity contribution is 14.0. The third-order valence-corrected chi connectivity index (χ3v) is 3.95. The summed E-state index contributed by atoms with van der Waals surface area (Å²) in [5.74, 6) is 3.07. The number of halogens is 1. The molecule has 0 spiro atoms. The van der Waals surface area contributed by atoms with E-state index in [9.17, 15) is 0 Å². The van der Waals surface area contributed by atoms with Gasteiger partial charge in [-0.15, -0.1) is 24.0 Å². The molecule has 3 rings (SSSR count). The van der Waals surface area contributed by atoms with Crippen LogP contribution >= 0.6 is 24.0 Å². The zero-order valence-corrected chi connectivity index (χ0v) is 19.2. The number of guanidine groups is 1. The van der Waals surface area contributed by atoms with E-state index in [-0.39, 0.29) is 24.0 Å². The molecule has 0 fully saturated rings. The Kier molecular flexibility index (Phi) is 9.20. The van der Waals surface area contributed by atoms with Crippen molar-refractivity contribution in [3.63, 3.8) is 0 Å². The van der Waals surface area contributed by atoms with Crippen molar-refractivity contribution in [1.29, 1.82) is 0 Å². The first-order chi connectivity index (χ1) is 14.2. The average Bonchev–Trinajstić information content (AvgIpc) is 2.75. The lowest BCUT2D eigenvalue weighted by Gasteiger charge is -2.08. The SMILES string of the molecule is CCOc1ccc(Oc2cc(CN=C(N)Nc3ccc(OC)cc3)ccn2)cc1.I. The Morgan fingerprint density at radius 1 is 1.00 bits per heavy atom. The van der Waals surface area contributed by atoms with Crippen molar-refractivity contribution < 1.29 is 14.2 Å². The molecule has 3 aromatic rings. The van der Waals surface area contributed by atoms with Gasteiger partial charge in [-0.25, -0.2) is 9.98 Å². The fraction of sp³-hybridized carbons (Fsp3) is 0.182. The summed E-state index contributed by atoms with van der Waals surface area (Å²) in [6.45, 7) is 2.97. The number of methoxy groups -OCH3 is 1. The summed E-state index contributed by atoms with van der Waals surface area (Å²) in [4.78, 5) is 8.61. The molecule has 0 amide bonds. The van der Waals surface area contributed by atoms with Crippen molar-refractivity contribution in [3.8, 4) is 23.1 Å². The number of hydrogen-bond acceptors (Lipinski definition) is 5. The predicted octanol–water partition coefficient (Wildman–Crippen LogP) is 4.83. The van der Waals surface area contributed by atoms with Crippen LogP contribution in [0.2, 0.25) is 0 Å². The lowest BCUT2D eigenvalue weighted by Crippen LogP contribution is -2.22. The molecule has 0 atom stereocenters. The smallest absolute Gasteiger partial charge is 0.219 e. The Morgan fingerprint density at radius 3 is 2.33 bits per heavy atom. The van der Waals surface area contributed by atoms with Crippen molar-refractivity contribution >= 4 is 35.6 Å². The number of anilines is 1. The van der Waals surface area contributed by atoms with E-state index in [2.05, 4.69) is 15.3 Å². The molecule has 0 aliphatic heterocycles. The Morgan fingerprint density at radius 2 is 1.67 bits per heavy atom. The highest BCUT2D eigenvalue weighted by Gasteiger charge is 2.02. The van der Waals surface area contributed by atoms with Crippen LogP contribution in [0.4, 0.5) is 5.69 Å². The van der Waals surface area contributed by atoms with Gasteiger partial charge in [0, 0.05) is 18.0 Å². The minimum absolute atomic E-state index is 0. The van der Waals surface area contributed by atoms with E-state index in [4.69, 9.17) is 19.9 Å². The maximum Gasteiger partial charge on any atom is 0.219 e. The van der Waals surface area contributed by atoms with Gasteiger partial charge in [-0.2, -0.15) is 0 Å². The molecule has 0 unspecified atom stereocenters. The minimum atomic E-state index is 0. The number of ether oxygens (including phenoxy) is 3. The summed E-state index contributed by atoms with van der Waals surface area (Å²) in [5, 5.41) is 3.05. The van der Waals surface area contributed by atoms with E-state index in [1.807, 2.05) is 67.6 Å². The molecule has 1 aromatic heterocycles. The molecular formula is C22H25IN4O3. The lowest BCUT2D eigenvalue weighted by molar-refractivity contribution is 0.339. The van der Waals surface area contributed by atoms with Gasteiger partial charge < -0.3 is 25.3 Å². The summed E-state index contributed by atoms with van der Waals surface area (Å²) >= 11 is 0. The molecule has 2 aromatic carbocycles. The minimum Gasteiger partial charge on any atom is -0.497 e. The number of pyridine rings is 1. The van der Waals surface area contributed by atoms with Crippen LogP contribution in [-0.2, 0) is 6.54 Å². The second kappa shape index (κ2) is 11.9. The normalized spacial score (nSPS) is 10.7. The summed E-state index contributed by atoms with van der Waals surface area (Å²) in [5.41, 5.74) is 7.74. The first-order valence-electron chi connectivity index (χ1n) is 9.23. The Balaban J connectivity index is 0.00000320. The lowest BCUT2D eigenvalue weighted by atomic mass is 10.2. The first-order valence-corrected chi connectivity index (χ1v) is 9.23. The molecule has 7 nitrogen and oxygen atoms in total. The van der Waals surface area contributed by atoms with Crippen molar-refractivity contribution in [2.45, 2.75) is 13.5 Å². The third kappa shape index (κ3) is 7.11. The van der Waals surface area contributed by atoms with Gasteiger partial charge in [-0.05, 0) is 67.1 Å². The van der Waals surface area contributed by atoms with E-state index in [0.717, 1.165) is 22.7 Å². The monoisotopic (exact) mass is 520 g/mol. The molecule has 0 bridgehead atoms. The Bertz CT molecular complexity index is 947. The summed E-state index contributed by atoms with van der Waals surface area (Å²) in [6, 6.07) is 18.5. The van der Waals surface area contributed by atoms with Crippen LogP contribution in [0.5, 0.6) is 23.1 Å². The number of hydrogen-bond donors (Lipinski definition) is 2. The second-order valence-electron chi connectivity index (χ2n) is 6.06. The van der Waals surface area contributed by atoms with E-state index in [0.29, 0.717) is 30.7 Å². The summed E-state index contributed by atoms with van der Waals surface area (Å²) in [7, 11) is 1.63. The first kappa shape index (κ1) is 23.3. The van der Waals surface area contributed by atoms with Gasteiger partial charge in [0.05, 0.1) is 20.3 Å². The molecule has 1 heterocycles. The highest BCUT2D eigenvalue weighted by atomic mass is 127. The molecule has 30 heavy (non-hydrogen) atoms. The van der Waals surface area contributed by atoms with Gasteiger partial charge in [0.1, 0.15) is 17.2 Å². The molecule has 3 N–H and O–H groups in total. The van der Waals surface area contributed by atoms with Gasteiger partial charge in [0.2, 0.25) is 5.88 Å². The van der Waals surface area contributed by atoms with Crippen LogP contribution < -0.4 is 25.3 Å². The Hall–Kier alpha value is -3.01. The Labute approximate surface area is 193 Å². The quantitative estimate of drug-likeness (QED) is 0.251. The topological polar surface area (TPSA) is 91.0 Å². The van der Waals surface area contributed by atoms with Gasteiger partial charge in [0.15, 0.2) is 5.96 Å². The van der Waals surface area contributed by atoms with E-state index in [1.54, 1.807) is 13.3 Å². The van der Waals surface area contributed by atoms with Crippen LogP contribution in [0.15, 0.2) is 71.9 Å². The van der Waals surface area contributed by atoms with E-state index < -0.39 is 0 Å². The number of aromatic nitrogens is 1. The van der Waals surface area contributed by atoms with Gasteiger partial charge in [0.25, 0.3) is 0 Å². The molecular weight excluding hydrogens is 495 g/mol. The predicted molar refractivity (Wildman–Crippen MR) is 129 cm³/mol. The molecule has 0 aliphatic carbocycles. The number of aliphatic imine (C=N–C) groups is 1. The molecule has 0 aliphatic rings. The second-order valence-corrected chi connectivity index (χ2v) is 6.06. The number of nitrogens with one attached hydrogen (secondary N) is 1. The molecule has 8 heteroatoms. The van der Waals surface area contributed by atoms with Crippen LogP contribution in [0.25, 0.3) is 0 Å². The van der Waals surface area contributed by atoms with Crippen LogP contribution in [0.3, 0.4) is 0 Å². The van der Waals surface area contributed by atoms with Crippen molar-refractivity contribution in [2.24, 2.45) is 10.7 Å². The van der Waals surface area contributed by atoms with Gasteiger partial charge >= 0.3 is 0 Å². The standard InChI is InChI=1S/C22H24N4O3.HI/c1-3-28-19-8-10-20(11-9-19)29-21-14-16(12-13-24-21)15-25-22(23)26-17-4-6-18(27-2)7-5-17;/h4-14H,3,15H2,1-2H3,(H3,23,25,26);1H. The number of nitrogens with zero attached hydrogens (tertiary/aromatic N) is 2. The molecule has 0 saturated carbocycles. The molecule has 0 radical (unpaired) electrons. The van der Waals surface area contributed by atoms with Crippen molar-refractivity contribution in [1.82, 2.24) is 4.98 Å². The number of rotatable bonds is 8. The van der Waals surface area contributed by atoms with Gasteiger partial charge in [-0.1, -0.05) is 0 Å². The van der Waals surface area contributed by atoms with Crippen LogP contribution in [0, 0.1) is 0 Å². The largest absolute Gasteiger partial charge is 0.497 e. The van der Waals surface area contributed by atoms with Crippen molar-refractivity contribution in [3.05, 3.63) is 72.4 Å².